The number of fused-ring (bicyclic) bond motifs is 2. The fraction of sp³-hybridized carbons (Fsp3) is 0.308. The van der Waals surface area contributed by atoms with Gasteiger partial charge in [0.1, 0.15) is 28.8 Å². The molecule has 1 N–H and O–H groups in total. The molecule has 7 rings (SSSR count). The summed E-state index contributed by atoms with van der Waals surface area (Å²) in [4.78, 5) is 24.1. The van der Waals surface area contributed by atoms with Gasteiger partial charge >= 0.3 is 5.97 Å². The first kappa shape index (κ1) is 22.7. The van der Waals surface area contributed by atoms with Crippen molar-refractivity contribution in [3.63, 3.8) is 0 Å². The van der Waals surface area contributed by atoms with E-state index in [1.165, 1.54) is 18.3 Å². The first-order valence-corrected chi connectivity index (χ1v) is 11.6. The van der Waals surface area contributed by atoms with Crippen molar-refractivity contribution in [2.75, 3.05) is 6.61 Å². The van der Waals surface area contributed by atoms with E-state index in [2.05, 4.69) is 15.0 Å². The zero-order valence-corrected chi connectivity index (χ0v) is 19.3. The number of nitrogens with zero attached hydrogens (tertiary/aromatic N) is 4. The summed E-state index contributed by atoms with van der Waals surface area (Å²) in [7, 11) is 0. The molecular weight excluding hydrogens is 473 g/mol. The average molecular weight is 494 g/mol. The lowest BCUT2D eigenvalue weighted by molar-refractivity contribution is -0.0132. The van der Waals surface area contributed by atoms with Crippen LogP contribution in [0, 0.1) is 30.3 Å². The second kappa shape index (κ2) is 8.12. The van der Waals surface area contributed by atoms with E-state index in [4.69, 9.17) is 4.74 Å². The Bertz CT molecular complexity index is 1540. The van der Waals surface area contributed by atoms with Crippen molar-refractivity contribution < 1.29 is 27.8 Å². The topological polar surface area (TPSA) is 90.1 Å². The smallest absolute Gasteiger partial charge is 0.335 e. The Balaban J connectivity index is 1.43. The van der Waals surface area contributed by atoms with Crippen LogP contribution in [0.3, 0.4) is 0 Å². The summed E-state index contributed by atoms with van der Waals surface area (Å²) < 4.78 is 52.8. The number of aromatic carboxylic acids is 1. The fourth-order valence-corrected chi connectivity index (χ4v) is 5.35. The van der Waals surface area contributed by atoms with Crippen molar-refractivity contribution in [2.45, 2.75) is 38.3 Å². The van der Waals surface area contributed by atoms with E-state index in [0.717, 1.165) is 31.0 Å². The molecule has 184 valence electrons. The minimum absolute atomic E-state index is 0.00570. The lowest BCUT2D eigenvalue weighted by Gasteiger charge is -2.36. The number of carbonyl (C=O) groups is 1. The van der Waals surface area contributed by atoms with Gasteiger partial charge in [0.25, 0.3) is 0 Å². The second-order valence-corrected chi connectivity index (χ2v) is 9.60. The predicted molar refractivity (Wildman–Crippen MR) is 123 cm³/mol. The molecule has 3 aliphatic rings. The molecule has 4 heterocycles. The summed E-state index contributed by atoms with van der Waals surface area (Å²) in [6, 6.07) is 5.94. The van der Waals surface area contributed by atoms with Crippen LogP contribution in [0.2, 0.25) is 0 Å². The molecule has 0 amide bonds. The number of rotatable bonds is 6. The number of hydrogen-bond acceptors (Lipinski definition) is 5. The van der Waals surface area contributed by atoms with Crippen LogP contribution in [0.5, 0.6) is 0 Å². The summed E-state index contributed by atoms with van der Waals surface area (Å²) in [6.45, 7) is 2.62. The summed E-state index contributed by atoms with van der Waals surface area (Å²) in [5, 5.41) is 9.43. The van der Waals surface area contributed by atoms with Crippen LogP contribution in [0.1, 0.15) is 40.4 Å². The summed E-state index contributed by atoms with van der Waals surface area (Å²) in [5.41, 5.74) is -0.0936. The lowest BCUT2D eigenvalue weighted by Crippen LogP contribution is -2.41. The average Bonchev–Trinajstić information content (AvgIpc) is 3.50. The third kappa shape index (κ3) is 3.72. The number of halogens is 3. The van der Waals surface area contributed by atoms with Crippen molar-refractivity contribution in [2.24, 2.45) is 5.92 Å². The Kier molecular flexibility index (Phi) is 5.11. The van der Waals surface area contributed by atoms with Gasteiger partial charge in [-0.15, -0.1) is 0 Å². The molecule has 1 aliphatic carbocycles. The Morgan fingerprint density at radius 2 is 1.94 bits per heavy atom. The molecule has 0 atom stereocenters. The van der Waals surface area contributed by atoms with Gasteiger partial charge in [-0.25, -0.2) is 32.9 Å². The molecule has 2 saturated heterocycles. The minimum atomic E-state index is -1.27. The van der Waals surface area contributed by atoms with E-state index in [9.17, 15) is 14.3 Å². The van der Waals surface area contributed by atoms with E-state index in [0.29, 0.717) is 30.7 Å². The Morgan fingerprint density at radius 3 is 2.64 bits per heavy atom. The maximum atomic E-state index is 15.2. The van der Waals surface area contributed by atoms with Gasteiger partial charge in [-0.2, -0.15) is 0 Å². The number of hydrogen-bond donors (Lipinski definition) is 1. The van der Waals surface area contributed by atoms with Crippen molar-refractivity contribution in [1.82, 2.24) is 19.5 Å². The highest BCUT2D eigenvalue weighted by molar-refractivity contribution is 5.92. The van der Waals surface area contributed by atoms with Gasteiger partial charge in [-0.3, -0.25) is 0 Å². The van der Waals surface area contributed by atoms with E-state index in [1.54, 1.807) is 11.5 Å². The second-order valence-electron chi connectivity index (χ2n) is 9.60. The maximum Gasteiger partial charge on any atom is 0.335 e. The molecule has 0 spiro atoms. The van der Waals surface area contributed by atoms with Gasteiger partial charge in [0.15, 0.2) is 5.82 Å². The Labute approximate surface area is 203 Å². The monoisotopic (exact) mass is 494 g/mol. The first-order valence-electron chi connectivity index (χ1n) is 11.6. The van der Waals surface area contributed by atoms with Crippen LogP contribution in [-0.2, 0) is 17.7 Å². The molecule has 3 fully saturated rings. The van der Waals surface area contributed by atoms with Gasteiger partial charge < -0.3 is 14.4 Å². The van der Waals surface area contributed by atoms with E-state index < -0.39 is 29.0 Å². The summed E-state index contributed by atoms with van der Waals surface area (Å²) >= 11 is 0. The van der Waals surface area contributed by atoms with Gasteiger partial charge in [-0.1, -0.05) is 0 Å². The zero-order chi connectivity index (χ0) is 25.2. The van der Waals surface area contributed by atoms with E-state index >= 15 is 8.78 Å². The van der Waals surface area contributed by atoms with Crippen molar-refractivity contribution >= 4 is 17.0 Å². The highest BCUT2D eigenvalue weighted by Crippen LogP contribution is 2.49. The fourth-order valence-electron chi connectivity index (χ4n) is 5.35. The van der Waals surface area contributed by atoms with Gasteiger partial charge in [-0.05, 0) is 61.6 Å². The van der Waals surface area contributed by atoms with Crippen molar-refractivity contribution in [3.05, 3.63) is 76.8 Å². The maximum absolute atomic E-state index is 15.2. The van der Waals surface area contributed by atoms with E-state index in [1.807, 2.05) is 0 Å². The van der Waals surface area contributed by atoms with Crippen LogP contribution in [-0.4, -0.2) is 42.8 Å². The summed E-state index contributed by atoms with van der Waals surface area (Å²) in [5.74, 6) is -2.18. The molecular formula is C26H21F3N4O3. The van der Waals surface area contributed by atoms with Crippen LogP contribution in [0.25, 0.3) is 22.3 Å². The normalized spacial score (nSPS) is 20.6. The van der Waals surface area contributed by atoms with Crippen LogP contribution in [0.4, 0.5) is 13.2 Å². The van der Waals surface area contributed by atoms with Crippen LogP contribution < -0.4 is 0 Å². The van der Waals surface area contributed by atoms with Gasteiger partial charge in [0.05, 0.1) is 35.5 Å². The third-order valence-corrected chi connectivity index (χ3v) is 7.06. The number of benzene rings is 2. The van der Waals surface area contributed by atoms with Crippen LogP contribution >= 0.6 is 0 Å². The van der Waals surface area contributed by atoms with Crippen molar-refractivity contribution in [1.29, 1.82) is 0 Å². The molecule has 10 heteroatoms. The zero-order valence-electron chi connectivity index (χ0n) is 19.3. The molecule has 1 saturated carbocycles. The number of carboxylic acid groups (broad SMARTS) is 1. The standard InChI is InChI=1S/C26H21F3N4O3/c1-13-30-3-2-21(31-13)17-8-18(27)15(4-19(17)28)7-23-32-24-20(29)5-16(25(34)35)6-22(24)33(23)12-26-9-14(10-26)11-36-26/h2-6,8,14H,7,9-12H2,1H3,(H,34,35). The molecule has 0 radical (unpaired) electrons. The summed E-state index contributed by atoms with van der Waals surface area (Å²) in [6.07, 6.45) is 3.02. The highest BCUT2D eigenvalue weighted by Gasteiger charge is 2.52. The minimum Gasteiger partial charge on any atom is -0.478 e. The molecule has 4 aromatic rings. The molecule has 2 aliphatic heterocycles. The van der Waals surface area contributed by atoms with Gasteiger partial charge in [0, 0.05) is 18.2 Å². The lowest BCUT2D eigenvalue weighted by atomic mass is 9.74. The largest absolute Gasteiger partial charge is 0.478 e. The number of aromatic nitrogens is 4. The molecule has 2 aromatic carbocycles. The molecule has 36 heavy (non-hydrogen) atoms. The molecule has 7 nitrogen and oxygen atoms in total. The third-order valence-electron chi connectivity index (χ3n) is 7.06. The molecule has 0 unspecified atom stereocenters. The number of aryl methyl sites for hydroxylation is 1. The molecule has 2 bridgehead atoms. The SMILES string of the molecule is Cc1nccc(-c2cc(F)c(Cc3nc4c(F)cc(C(=O)O)cc4n3CC34CC(CO3)C4)cc2F)n1. The Hall–Kier alpha value is -3.79. The van der Waals surface area contributed by atoms with Gasteiger partial charge in [0.2, 0.25) is 0 Å². The highest BCUT2D eigenvalue weighted by atomic mass is 19.1. The Morgan fingerprint density at radius 1 is 1.14 bits per heavy atom. The predicted octanol–water partition coefficient (Wildman–Crippen LogP) is 4.69. The van der Waals surface area contributed by atoms with Crippen molar-refractivity contribution in [3.8, 4) is 11.3 Å². The quantitative estimate of drug-likeness (QED) is 0.419. The number of imidazole rings is 1. The first-order chi connectivity index (χ1) is 17.2. The van der Waals surface area contributed by atoms with Crippen LogP contribution in [0.15, 0.2) is 36.5 Å². The number of ether oxygens (including phenoxy) is 1. The molecule has 2 aromatic heterocycles. The van der Waals surface area contributed by atoms with E-state index in [-0.39, 0.29) is 39.8 Å². The number of carboxylic acids is 1.